The zero-order chi connectivity index (χ0) is 15.0. The van der Waals surface area contributed by atoms with Crippen LogP contribution in [0.3, 0.4) is 0 Å². The third kappa shape index (κ3) is 4.01. The van der Waals surface area contributed by atoms with Gasteiger partial charge in [0.15, 0.2) is 0 Å². The summed E-state index contributed by atoms with van der Waals surface area (Å²) in [5.41, 5.74) is 3.17. The fourth-order valence-corrected chi connectivity index (χ4v) is 2.04. The summed E-state index contributed by atoms with van der Waals surface area (Å²) in [7, 11) is 0. The van der Waals surface area contributed by atoms with E-state index in [4.69, 9.17) is 4.74 Å². The lowest BCUT2D eigenvalue weighted by molar-refractivity contribution is 0.306. The molecule has 0 aliphatic carbocycles. The van der Waals surface area contributed by atoms with E-state index in [1.54, 1.807) is 0 Å². The standard InChI is InChI=1S/C21H16O/c1-3-7-18(8-4-1)11-12-19-13-15-21(16-14-19)22-17-20-9-5-2-6-10-20/h1-10,13-16H,17H2. The molecule has 106 valence electrons. The smallest absolute Gasteiger partial charge is 0.119 e. The second kappa shape index (κ2) is 7.15. The molecular formula is C21H16O. The van der Waals surface area contributed by atoms with Crippen LogP contribution >= 0.6 is 0 Å². The van der Waals surface area contributed by atoms with Crippen molar-refractivity contribution >= 4 is 0 Å². The molecule has 0 aliphatic heterocycles. The minimum Gasteiger partial charge on any atom is -0.489 e. The Bertz CT molecular complexity index is 763. The SMILES string of the molecule is C(#Cc1ccc(OCc2ccccc2)cc1)c1ccccc1. The van der Waals surface area contributed by atoms with Crippen LogP contribution in [0.1, 0.15) is 16.7 Å². The zero-order valence-corrected chi connectivity index (χ0v) is 12.2. The minimum atomic E-state index is 0.579. The molecule has 0 atom stereocenters. The summed E-state index contributed by atoms with van der Waals surface area (Å²) in [6, 6.07) is 28.0. The summed E-state index contributed by atoms with van der Waals surface area (Å²) in [4.78, 5) is 0. The normalized spacial score (nSPS) is 9.64. The Morgan fingerprint density at radius 2 is 1.14 bits per heavy atom. The first-order valence-electron chi connectivity index (χ1n) is 7.24. The fourth-order valence-electron chi connectivity index (χ4n) is 2.04. The van der Waals surface area contributed by atoms with Gasteiger partial charge in [0, 0.05) is 11.1 Å². The number of hydrogen-bond donors (Lipinski definition) is 0. The first-order valence-corrected chi connectivity index (χ1v) is 7.24. The third-order valence-electron chi connectivity index (χ3n) is 3.23. The molecule has 0 spiro atoms. The number of ether oxygens (including phenoxy) is 1. The van der Waals surface area contributed by atoms with Crippen molar-refractivity contribution in [2.45, 2.75) is 6.61 Å². The predicted molar refractivity (Wildman–Crippen MR) is 89.6 cm³/mol. The van der Waals surface area contributed by atoms with Crippen LogP contribution in [0.15, 0.2) is 84.9 Å². The Labute approximate surface area is 131 Å². The van der Waals surface area contributed by atoms with E-state index in [0.29, 0.717) is 6.61 Å². The molecule has 0 saturated heterocycles. The van der Waals surface area contributed by atoms with Gasteiger partial charge in [0.05, 0.1) is 0 Å². The van der Waals surface area contributed by atoms with E-state index in [1.807, 2.05) is 72.8 Å². The molecule has 3 rings (SSSR count). The van der Waals surface area contributed by atoms with Crippen molar-refractivity contribution in [3.8, 4) is 17.6 Å². The van der Waals surface area contributed by atoms with Gasteiger partial charge in [0.25, 0.3) is 0 Å². The van der Waals surface area contributed by atoms with E-state index in [9.17, 15) is 0 Å². The second-order valence-corrected chi connectivity index (χ2v) is 4.91. The Kier molecular flexibility index (Phi) is 4.54. The molecular weight excluding hydrogens is 268 g/mol. The number of rotatable bonds is 3. The van der Waals surface area contributed by atoms with Crippen LogP contribution in [0.2, 0.25) is 0 Å². The third-order valence-corrected chi connectivity index (χ3v) is 3.23. The van der Waals surface area contributed by atoms with Crippen molar-refractivity contribution < 1.29 is 4.74 Å². The maximum atomic E-state index is 5.76. The monoisotopic (exact) mass is 284 g/mol. The molecule has 3 aromatic carbocycles. The van der Waals surface area contributed by atoms with Crippen LogP contribution in [-0.4, -0.2) is 0 Å². The average molecular weight is 284 g/mol. The Balaban J connectivity index is 1.62. The quantitative estimate of drug-likeness (QED) is 0.635. The molecule has 0 saturated carbocycles. The highest BCUT2D eigenvalue weighted by Crippen LogP contribution is 2.14. The second-order valence-electron chi connectivity index (χ2n) is 4.91. The van der Waals surface area contributed by atoms with E-state index in [1.165, 1.54) is 0 Å². The van der Waals surface area contributed by atoms with Crippen molar-refractivity contribution in [1.29, 1.82) is 0 Å². The fraction of sp³-hybridized carbons (Fsp3) is 0.0476. The molecule has 22 heavy (non-hydrogen) atoms. The first-order chi connectivity index (χ1) is 10.9. The van der Waals surface area contributed by atoms with Crippen molar-refractivity contribution in [1.82, 2.24) is 0 Å². The summed E-state index contributed by atoms with van der Waals surface area (Å²) in [6.07, 6.45) is 0. The molecule has 0 bridgehead atoms. The van der Waals surface area contributed by atoms with Crippen LogP contribution in [0.4, 0.5) is 0 Å². The highest BCUT2D eigenvalue weighted by atomic mass is 16.5. The van der Waals surface area contributed by atoms with Gasteiger partial charge in [-0.05, 0) is 42.0 Å². The van der Waals surface area contributed by atoms with Crippen molar-refractivity contribution in [2.75, 3.05) is 0 Å². The molecule has 0 heterocycles. The van der Waals surface area contributed by atoms with Gasteiger partial charge < -0.3 is 4.74 Å². The van der Waals surface area contributed by atoms with E-state index in [0.717, 1.165) is 22.4 Å². The molecule has 0 aliphatic rings. The lowest BCUT2D eigenvalue weighted by Gasteiger charge is -2.05. The summed E-state index contributed by atoms with van der Waals surface area (Å²) in [5.74, 6) is 7.16. The van der Waals surface area contributed by atoms with Gasteiger partial charge in [-0.25, -0.2) is 0 Å². The predicted octanol–water partition coefficient (Wildman–Crippen LogP) is 4.67. The lowest BCUT2D eigenvalue weighted by Crippen LogP contribution is -1.94. The van der Waals surface area contributed by atoms with Crippen molar-refractivity contribution in [3.63, 3.8) is 0 Å². The van der Waals surface area contributed by atoms with Crippen LogP contribution in [0, 0.1) is 11.8 Å². The number of hydrogen-bond acceptors (Lipinski definition) is 1. The van der Waals surface area contributed by atoms with Crippen LogP contribution in [0.25, 0.3) is 0 Å². The average Bonchev–Trinajstić information content (AvgIpc) is 2.61. The first kappa shape index (κ1) is 14.0. The van der Waals surface area contributed by atoms with Crippen LogP contribution in [-0.2, 0) is 6.61 Å². The molecule has 1 heteroatoms. The van der Waals surface area contributed by atoms with Gasteiger partial charge in [0.1, 0.15) is 12.4 Å². The molecule has 1 nitrogen and oxygen atoms in total. The van der Waals surface area contributed by atoms with Gasteiger partial charge in [0.2, 0.25) is 0 Å². The molecule has 0 radical (unpaired) electrons. The van der Waals surface area contributed by atoms with Crippen LogP contribution < -0.4 is 4.74 Å². The topological polar surface area (TPSA) is 9.23 Å². The van der Waals surface area contributed by atoms with Crippen molar-refractivity contribution in [2.24, 2.45) is 0 Å². The Morgan fingerprint density at radius 3 is 1.77 bits per heavy atom. The van der Waals surface area contributed by atoms with E-state index in [-0.39, 0.29) is 0 Å². The molecule has 0 unspecified atom stereocenters. The Hall–Kier alpha value is -2.98. The van der Waals surface area contributed by atoms with Gasteiger partial charge in [-0.2, -0.15) is 0 Å². The summed E-state index contributed by atoms with van der Waals surface area (Å²) >= 11 is 0. The maximum Gasteiger partial charge on any atom is 0.119 e. The molecule has 0 amide bonds. The number of benzene rings is 3. The van der Waals surface area contributed by atoms with Gasteiger partial charge in [-0.15, -0.1) is 0 Å². The molecule has 0 fully saturated rings. The van der Waals surface area contributed by atoms with Crippen molar-refractivity contribution in [3.05, 3.63) is 102 Å². The highest BCUT2D eigenvalue weighted by Gasteiger charge is 1.95. The van der Waals surface area contributed by atoms with Gasteiger partial charge in [-0.1, -0.05) is 60.4 Å². The van der Waals surface area contributed by atoms with E-state index < -0.39 is 0 Å². The molecule has 0 N–H and O–H groups in total. The Morgan fingerprint density at radius 1 is 0.591 bits per heavy atom. The molecule has 3 aromatic rings. The lowest BCUT2D eigenvalue weighted by atomic mass is 10.2. The maximum absolute atomic E-state index is 5.76. The van der Waals surface area contributed by atoms with Gasteiger partial charge in [-0.3, -0.25) is 0 Å². The summed E-state index contributed by atoms with van der Waals surface area (Å²) < 4.78 is 5.76. The summed E-state index contributed by atoms with van der Waals surface area (Å²) in [5, 5.41) is 0. The highest BCUT2D eigenvalue weighted by molar-refractivity contribution is 5.44. The van der Waals surface area contributed by atoms with Gasteiger partial charge >= 0.3 is 0 Å². The van der Waals surface area contributed by atoms with E-state index >= 15 is 0 Å². The molecule has 0 aromatic heterocycles. The largest absolute Gasteiger partial charge is 0.489 e. The zero-order valence-electron chi connectivity index (χ0n) is 12.2. The van der Waals surface area contributed by atoms with Crippen LogP contribution in [0.5, 0.6) is 5.75 Å². The summed E-state index contributed by atoms with van der Waals surface area (Å²) in [6.45, 7) is 0.579. The minimum absolute atomic E-state index is 0.579. The van der Waals surface area contributed by atoms with E-state index in [2.05, 4.69) is 24.0 Å².